The van der Waals surface area contributed by atoms with Crippen molar-refractivity contribution >= 4 is 39.8 Å². The van der Waals surface area contributed by atoms with Gasteiger partial charge in [-0.2, -0.15) is 0 Å². The second-order valence-electron chi connectivity index (χ2n) is 5.76. The molecule has 0 saturated carbocycles. The van der Waals surface area contributed by atoms with Gasteiger partial charge in [0.25, 0.3) is 0 Å². The third kappa shape index (κ3) is 8.85. The third-order valence-electron chi connectivity index (χ3n) is 3.73. The van der Waals surface area contributed by atoms with E-state index in [1.54, 1.807) is 7.05 Å². The molecule has 5 nitrogen and oxygen atoms in total. The van der Waals surface area contributed by atoms with Crippen molar-refractivity contribution in [2.45, 2.75) is 52.0 Å². The fourth-order valence-corrected chi connectivity index (χ4v) is 4.34. The van der Waals surface area contributed by atoms with Crippen LogP contribution >= 0.6 is 24.0 Å². The second-order valence-corrected chi connectivity index (χ2v) is 7.99. The van der Waals surface area contributed by atoms with Crippen LogP contribution in [-0.2, 0) is 9.84 Å². The number of nitrogens with one attached hydrogen (secondary N) is 2. The second kappa shape index (κ2) is 10.6. The van der Waals surface area contributed by atoms with Crippen molar-refractivity contribution in [2.75, 3.05) is 25.1 Å². The molecule has 0 bridgehead atoms. The number of rotatable bonds is 7. The number of aliphatic imine (C=N–C) groups is 1. The summed E-state index contributed by atoms with van der Waals surface area (Å²) >= 11 is 0. The molecular formula is C14H30IN3O2S. The van der Waals surface area contributed by atoms with Gasteiger partial charge in [0.15, 0.2) is 15.8 Å². The molecule has 126 valence electrons. The molecule has 0 spiro atoms. The van der Waals surface area contributed by atoms with Crippen molar-refractivity contribution in [2.24, 2.45) is 10.9 Å². The fraction of sp³-hybridized carbons (Fsp3) is 0.929. The molecule has 1 heterocycles. The van der Waals surface area contributed by atoms with Crippen LogP contribution in [0.5, 0.6) is 0 Å². The molecular weight excluding hydrogens is 401 g/mol. The molecule has 1 rings (SSSR count). The minimum atomic E-state index is -2.79. The lowest BCUT2D eigenvalue weighted by molar-refractivity contribution is 0.532. The van der Waals surface area contributed by atoms with Crippen LogP contribution in [0.2, 0.25) is 0 Å². The summed E-state index contributed by atoms with van der Waals surface area (Å²) in [7, 11) is -1.04. The van der Waals surface area contributed by atoms with Gasteiger partial charge in [0.05, 0.1) is 11.5 Å². The normalized spacial score (nSPS) is 22.4. The maximum Gasteiger partial charge on any atom is 0.191 e. The molecule has 21 heavy (non-hydrogen) atoms. The van der Waals surface area contributed by atoms with Crippen molar-refractivity contribution in [3.63, 3.8) is 0 Å². The molecule has 0 amide bonds. The molecule has 1 aliphatic rings. The standard InChI is InChI=1S/C14H29N3O2S.HI/c1-4-5-6-7-12(2)17-14(15-3)16-10-13-8-9-20(18,19)11-13;/h12-13H,4-11H2,1-3H3,(H2,15,16,17);1H. The first-order valence-corrected chi connectivity index (χ1v) is 9.46. The molecule has 2 atom stereocenters. The SMILES string of the molecule is CCCCCC(C)NC(=NC)NCC1CCS(=O)(=O)C1.I. The molecule has 0 aromatic rings. The number of nitrogens with zero attached hydrogens (tertiary/aromatic N) is 1. The highest BCUT2D eigenvalue weighted by Gasteiger charge is 2.27. The molecule has 1 fully saturated rings. The van der Waals surface area contributed by atoms with Gasteiger partial charge in [0, 0.05) is 19.6 Å². The monoisotopic (exact) mass is 431 g/mol. The Bertz CT molecular complexity index is 412. The maximum absolute atomic E-state index is 11.4. The zero-order valence-corrected chi connectivity index (χ0v) is 16.5. The summed E-state index contributed by atoms with van der Waals surface area (Å²) in [6.07, 6.45) is 5.61. The molecule has 2 unspecified atom stereocenters. The molecule has 7 heteroatoms. The molecule has 1 saturated heterocycles. The lowest BCUT2D eigenvalue weighted by Gasteiger charge is -2.19. The number of hydrogen-bond donors (Lipinski definition) is 2. The van der Waals surface area contributed by atoms with E-state index in [9.17, 15) is 8.42 Å². The first-order valence-electron chi connectivity index (χ1n) is 7.64. The summed E-state index contributed by atoms with van der Waals surface area (Å²) in [5.41, 5.74) is 0. The van der Waals surface area contributed by atoms with Gasteiger partial charge in [-0.25, -0.2) is 8.42 Å². The minimum absolute atomic E-state index is 0. The summed E-state index contributed by atoms with van der Waals surface area (Å²) in [5, 5.41) is 6.60. The number of guanidine groups is 1. The van der Waals surface area contributed by atoms with Crippen LogP contribution in [0.3, 0.4) is 0 Å². The maximum atomic E-state index is 11.4. The Kier molecular flexibility index (Phi) is 10.6. The Balaban J connectivity index is 0.00000400. The Hall–Kier alpha value is -0.0500. The Morgan fingerprint density at radius 2 is 2.10 bits per heavy atom. The van der Waals surface area contributed by atoms with Gasteiger partial charge in [0.1, 0.15) is 0 Å². The van der Waals surface area contributed by atoms with E-state index >= 15 is 0 Å². The number of halogens is 1. The predicted octanol–water partition coefficient (Wildman–Crippen LogP) is 2.17. The summed E-state index contributed by atoms with van der Waals surface area (Å²) < 4.78 is 22.8. The van der Waals surface area contributed by atoms with Crippen molar-refractivity contribution in [1.82, 2.24) is 10.6 Å². The van der Waals surface area contributed by atoms with Gasteiger partial charge in [0.2, 0.25) is 0 Å². The highest BCUT2D eigenvalue weighted by molar-refractivity contribution is 14.0. The van der Waals surface area contributed by atoms with E-state index in [4.69, 9.17) is 0 Å². The van der Waals surface area contributed by atoms with Crippen LogP contribution in [0.1, 0.15) is 46.0 Å². The van der Waals surface area contributed by atoms with Gasteiger partial charge < -0.3 is 10.6 Å². The van der Waals surface area contributed by atoms with Gasteiger partial charge in [-0.15, -0.1) is 24.0 Å². The molecule has 2 N–H and O–H groups in total. The summed E-state index contributed by atoms with van der Waals surface area (Å²) in [6, 6.07) is 0.389. The van der Waals surface area contributed by atoms with Crippen molar-refractivity contribution in [3.8, 4) is 0 Å². The first kappa shape index (κ1) is 20.9. The largest absolute Gasteiger partial charge is 0.356 e. The van der Waals surface area contributed by atoms with E-state index in [1.165, 1.54) is 19.3 Å². The quantitative estimate of drug-likeness (QED) is 0.281. The van der Waals surface area contributed by atoms with Crippen LogP contribution in [0, 0.1) is 5.92 Å². The van der Waals surface area contributed by atoms with Crippen LogP contribution in [0.25, 0.3) is 0 Å². The van der Waals surface area contributed by atoms with Crippen LogP contribution in [-0.4, -0.2) is 45.5 Å². The molecule has 0 aliphatic carbocycles. The van der Waals surface area contributed by atoms with Crippen molar-refractivity contribution < 1.29 is 8.42 Å². The van der Waals surface area contributed by atoms with E-state index in [2.05, 4.69) is 29.5 Å². The number of unbranched alkanes of at least 4 members (excludes halogenated alkanes) is 2. The van der Waals surface area contributed by atoms with Crippen molar-refractivity contribution in [1.29, 1.82) is 0 Å². The molecule has 1 aliphatic heterocycles. The average Bonchev–Trinajstić information content (AvgIpc) is 2.74. The van der Waals surface area contributed by atoms with E-state index < -0.39 is 9.84 Å². The smallest absolute Gasteiger partial charge is 0.191 e. The van der Waals surface area contributed by atoms with Crippen molar-refractivity contribution in [3.05, 3.63) is 0 Å². The lowest BCUT2D eigenvalue weighted by Crippen LogP contribution is -2.44. The van der Waals surface area contributed by atoms with Gasteiger partial charge >= 0.3 is 0 Å². The Morgan fingerprint density at radius 1 is 1.38 bits per heavy atom. The summed E-state index contributed by atoms with van der Waals surface area (Å²) in [4.78, 5) is 4.20. The number of hydrogen-bond acceptors (Lipinski definition) is 3. The highest BCUT2D eigenvalue weighted by Crippen LogP contribution is 2.17. The van der Waals surface area contributed by atoms with Gasteiger partial charge in [-0.3, -0.25) is 4.99 Å². The zero-order chi connectivity index (χ0) is 15.0. The Labute approximate surface area is 146 Å². The van der Waals surface area contributed by atoms with E-state index in [1.807, 2.05) is 0 Å². The molecule has 0 radical (unpaired) electrons. The van der Waals surface area contributed by atoms with Gasteiger partial charge in [-0.1, -0.05) is 26.2 Å². The average molecular weight is 431 g/mol. The third-order valence-corrected chi connectivity index (χ3v) is 5.57. The minimum Gasteiger partial charge on any atom is -0.356 e. The predicted molar refractivity (Wildman–Crippen MR) is 100 cm³/mol. The van der Waals surface area contributed by atoms with Gasteiger partial charge in [-0.05, 0) is 25.7 Å². The van der Waals surface area contributed by atoms with Crippen LogP contribution in [0.15, 0.2) is 4.99 Å². The topological polar surface area (TPSA) is 70.6 Å². The van der Waals surface area contributed by atoms with Crippen LogP contribution in [0.4, 0.5) is 0 Å². The van der Waals surface area contributed by atoms with E-state index in [-0.39, 0.29) is 29.9 Å². The summed E-state index contributed by atoms with van der Waals surface area (Å²) in [5.74, 6) is 1.63. The summed E-state index contributed by atoms with van der Waals surface area (Å²) in [6.45, 7) is 5.04. The number of sulfone groups is 1. The van der Waals surface area contributed by atoms with Crippen LogP contribution < -0.4 is 10.6 Å². The first-order chi connectivity index (χ1) is 9.46. The lowest BCUT2D eigenvalue weighted by atomic mass is 10.1. The van der Waals surface area contributed by atoms with E-state index in [0.717, 1.165) is 18.8 Å². The highest BCUT2D eigenvalue weighted by atomic mass is 127. The zero-order valence-electron chi connectivity index (χ0n) is 13.4. The Morgan fingerprint density at radius 3 is 2.62 bits per heavy atom. The molecule has 0 aromatic carbocycles. The molecule has 0 aromatic heterocycles. The van der Waals surface area contributed by atoms with E-state index in [0.29, 0.717) is 24.1 Å². The fourth-order valence-electron chi connectivity index (χ4n) is 2.47.